The van der Waals surface area contributed by atoms with E-state index in [-0.39, 0.29) is 23.9 Å². The van der Waals surface area contributed by atoms with E-state index in [0.717, 1.165) is 4.90 Å². The minimum absolute atomic E-state index is 0.0646. The summed E-state index contributed by atoms with van der Waals surface area (Å²) in [6.07, 6.45) is -16.9. The predicted molar refractivity (Wildman–Crippen MR) is 131 cm³/mol. The Morgan fingerprint density at radius 3 is 2.09 bits per heavy atom. The van der Waals surface area contributed by atoms with Crippen molar-refractivity contribution < 1.29 is 58.2 Å². The van der Waals surface area contributed by atoms with E-state index in [1.807, 2.05) is 0 Å². The third-order valence-electron chi connectivity index (χ3n) is 6.99. The fraction of sp³-hybridized carbons (Fsp3) is 0.520. The van der Waals surface area contributed by atoms with Crippen molar-refractivity contribution in [1.29, 1.82) is 0 Å². The van der Waals surface area contributed by atoms with Gasteiger partial charge >= 0.3 is 12.4 Å². The van der Waals surface area contributed by atoms with Crippen LogP contribution >= 0.6 is 11.3 Å². The molecule has 1 amide bonds. The van der Waals surface area contributed by atoms with Crippen LogP contribution in [0.2, 0.25) is 0 Å². The molecule has 4 rings (SSSR count). The van der Waals surface area contributed by atoms with E-state index in [0.29, 0.717) is 23.5 Å². The Morgan fingerprint density at radius 1 is 1.02 bits per heavy atom. The maximum Gasteiger partial charge on any atom is 0.406 e. The average molecular weight is 649 g/mol. The van der Waals surface area contributed by atoms with Crippen LogP contribution in [0.3, 0.4) is 0 Å². The van der Waals surface area contributed by atoms with Gasteiger partial charge in [0.25, 0.3) is 24.1 Å². The molecule has 1 aliphatic rings. The molecule has 236 valence electrons. The summed E-state index contributed by atoms with van der Waals surface area (Å²) >= 11 is 0.475. The summed E-state index contributed by atoms with van der Waals surface area (Å²) in [5, 5.41) is 17.2. The van der Waals surface area contributed by atoms with E-state index in [1.165, 1.54) is 13.8 Å². The number of likely N-dealkylation sites (tertiary alicyclic amines) is 1. The molecule has 18 heteroatoms. The highest BCUT2D eigenvalue weighted by Gasteiger charge is 2.68. The summed E-state index contributed by atoms with van der Waals surface area (Å²) in [4.78, 5) is 18.0. The van der Waals surface area contributed by atoms with Crippen LogP contribution in [-0.2, 0) is 11.0 Å². The van der Waals surface area contributed by atoms with Crippen molar-refractivity contribution in [3.8, 4) is 21.3 Å². The van der Waals surface area contributed by atoms with Gasteiger partial charge in [0.15, 0.2) is 10.4 Å². The number of carbonyl (C=O) groups excluding carboxylic acids is 1. The number of benzene rings is 1. The number of aliphatic hydroxyl groups is 1. The third kappa shape index (κ3) is 6.07. The van der Waals surface area contributed by atoms with Crippen molar-refractivity contribution in [2.45, 2.75) is 69.3 Å². The number of amides is 1. The van der Waals surface area contributed by atoms with E-state index in [4.69, 9.17) is 4.42 Å². The Morgan fingerprint density at radius 2 is 1.60 bits per heavy atom. The molecule has 0 saturated carbocycles. The monoisotopic (exact) mass is 648 g/mol. The normalized spacial score (nSPS) is 16.7. The van der Waals surface area contributed by atoms with Crippen molar-refractivity contribution in [3.05, 3.63) is 40.9 Å². The third-order valence-corrected chi connectivity index (χ3v) is 8.06. The highest BCUT2D eigenvalue weighted by atomic mass is 32.1. The predicted octanol–water partition coefficient (Wildman–Crippen LogP) is 7.28. The van der Waals surface area contributed by atoms with E-state index in [1.54, 1.807) is 0 Å². The fourth-order valence-electron chi connectivity index (χ4n) is 4.23. The quantitative estimate of drug-likeness (QED) is 0.283. The molecule has 0 radical (unpaired) electrons. The van der Waals surface area contributed by atoms with E-state index in [2.05, 4.69) is 15.2 Å². The summed E-state index contributed by atoms with van der Waals surface area (Å²) in [6, 6.07) is 1.02. The molecule has 0 bridgehead atoms. The maximum absolute atomic E-state index is 14.3. The lowest BCUT2D eigenvalue weighted by Crippen LogP contribution is -2.51. The number of halogens is 10. The highest BCUT2D eigenvalue weighted by Crippen LogP contribution is 2.53. The van der Waals surface area contributed by atoms with Crippen molar-refractivity contribution in [3.63, 3.8) is 0 Å². The molecule has 1 aliphatic heterocycles. The summed E-state index contributed by atoms with van der Waals surface area (Å²) in [7, 11) is 0. The Balaban J connectivity index is 1.91. The first-order valence-electron chi connectivity index (χ1n) is 12.4. The van der Waals surface area contributed by atoms with Gasteiger partial charge in [-0.05, 0) is 32.4 Å². The number of thiazole rings is 1. The molecular formula is C25H22F10N4O3S. The second-order valence-electron chi connectivity index (χ2n) is 10.5. The largest absolute Gasteiger partial charge is 0.415 e. The summed E-state index contributed by atoms with van der Waals surface area (Å²) < 4.78 is 143. The number of hydrogen-bond donors (Lipinski definition) is 1. The molecule has 7 nitrogen and oxygen atoms in total. The van der Waals surface area contributed by atoms with Gasteiger partial charge < -0.3 is 14.4 Å². The molecule has 1 aromatic carbocycles. The molecule has 0 unspecified atom stereocenters. The lowest BCUT2D eigenvalue weighted by atomic mass is 9.79. The number of alkyl halides is 10. The minimum Gasteiger partial charge on any atom is -0.415 e. The zero-order valence-corrected chi connectivity index (χ0v) is 23.2. The van der Waals surface area contributed by atoms with Crippen molar-refractivity contribution in [1.82, 2.24) is 20.1 Å². The average Bonchev–Trinajstić information content (AvgIpc) is 3.54. The van der Waals surface area contributed by atoms with Gasteiger partial charge in [0.05, 0.1) is 4.88 Å². The van der Waals surface area contributed by atoms with Crippen molar-refractivity contribution >= 4 is 17.2 Å². The summed E-state index contributed by atoms with van der Waals surface area (Å²) in [6.45, 7) is 1.52. The molecule has 1 N–H and O–H groups in total. The van der Waals surface area contributed by atoms with Gasteiger partial charge in [-0.2, -0.15) is 26.3 Å². The standard InChI is InChI=1S/C25H22F10N4O3S/c1-21(2,41)20-38-37-17(42-20)18-36-14(19(40)39-8-6-23(28,29)7-9-39)15(43-18)12-5-4-11(10-13(12)16(26)27)22(3,24(30,31)32)25(33,34)35/h4-5,10,16,41H,6-9H2,1-3H3. The molecule has 43 heavy (non-hydrogen) atoms. The fourth-order valence-corrected chi connectivity index (χ4v) is 5.26. The van der Waals surface area contributed by atoms with Crippen molar-refractivity contribution in [2.75, 3.05) is 13.1 Å². The van der Waals surface area contributed by atoms with Gasteiger partial charge in [0.1, 0.15) is 11.3 Å². The second kappa shape index (κ2) is 10.7. The van der Waals surface area contributed by atoms with Gasteiger partial charge in [0, 0.05) is 37.1 Å². The second-order valence-corrected chi connectivity index (χ2v) is 11.5. The van der Waals surface area contributed by atoms with Crippen LogP contribution in [0.1, 0.15) is 67.5 Å². The number of piperidine rings is 1. The first kappa shape index (κ1) is 32.6. The SMILES string of the molecule is CC(C)(O)c1nnc(-c2nc(C(=O)N3CCC(F)(F)CC3)c(-c3ccc(C(C)(C(F)(F)F)C(F)(F)F)cc3C(F)F)s2)o1. The van der Waals surface area contributed by atoms with Crippen LogP contribution in [0, 0.1) is 0 Å². The van der Waals surface area contributed by atoms with Crippen LogP contribution in [0.25, 0.3) is 21.3 Å². The molecule has 3 heterocycles. The van der Waals surface area contributed by atoms with E-state index < -0.39 is 101 Å². The molecule has 0 spiro atoms. The Kier molecular flexibility index (Phi) is 8.13. The van der Waals surface area contributed by atoms with Crippen LogP contribution in [-0.4, -0.2) is 62.5 Å². The van der Waals surface area contributed by atoms with Gasteiger partial charge in [0.2, 0.25) is 5.89 Å². The number of rotatable bonds is 6. The van der Waals surface area contributed by atoms with Crippen LogP contribution < -0.4 is 0 Å². The van der Waals surface area contributed by atoms with Crippen LogP contribution in [0.5, 0.6) is 0 Å². The molecule has 0 aliphatic carbocycles. The molecule has 2 aromatic heterocycles. The van der Waals surface area contributed by atoms with Gasteiger partial charge in [-0.25, -0.2) is 22.5 Å². The minimum atomic E-state index is -5.92. The number of nitrogens with zero attached hydrogens (tertiary/aromatic N) is 4. The lowest BCUT2D eigenvalue weighted by molar-refractivity contribution is -0.297. The van der Waals surface area contributed by atoms with Gasteiger partial charge in [-0.3, -0.25) is 4.79 Å². The Hall–Kier alpha value is -3.28. The van der Waals surface area contributed by atoms with Crippen LogP contribution in [0.15, 0.2) is 22.6 Å². The van der Waals surface area contributed by atoms with Gasteiger partial charge in [-0.15, -0.1) is 21.5 Å². The topological polar surface area (TPSA) is 92.3 Å². The Labute approximate surface area is 240 Å². The molecular weight excluding hydrogens is 626 g/mol. The van der Waals surface area contributed by atoms with Crippen LogP contribution in [0.4, 0.5) is 43.9 Å². The van der Waals surface area contributed by atoms with E-state index in [9.17, 15) is 53.8 Å². The number of aromatic nitrogens is 3. The zero-order chi connectivity index (χ0) is 32.3. The first-order chi connectivity index (χ1) is 19.6. The first-order valence-corrected chi connectivity index (χ1v) is 13.2. The number of hydrogen-bond acceptors (Lipinski definition) is 7. The zero-order valence-electron chi connectivity index (χ0n) is 22.4. The molecule has 0 atom stereocenters. The van der Waals surface area contributed by atoms with E-state index >= 15 is 0 Å². The molecule has 3 aromatic rings. The van der Waals surface area contributed by atoms with Crippen molar-refractivity contribution in [2.24, 2.45) is 0 Å². The van der Waals surface area contributed by atoms with Gasteiger partial charge in [-0.1, -0.05) is 12.1 Å². The smallest absolute Gasteiger partial charge is 0.406 e. The molecule has 1 fully saturated rings. The Bertz CT molecular complexity index is 1480. The molecule has 1 saturated heterocycles. The maximum atomic E-state index is 14.3. The summed E-state index contributed by atoms with van der Waals surface area (Å²) in [5.41, 5.74) is -10.2. The number of carbonyl (C=O) groups is 1. The summed E-state index contributed by atoms with van der Waals surface area (Å²) in [5.74, 6) is -4.77. The lowest BCUT2D eigenvalue weighted by Gasteiger charge is -2.34. The highest BCUT2D eigenvalue weighted by molar-refractivity contribution is 7.18.